The molecule has 180 valence electrons. The van der Waals surface area contributed by atoms with Gasteiger partial charge in [0.15, 0.2) is 5.75 Å². The Labute approximate surface area is 198 Å². The maximum Gasteiger partial charge on any atom is 0.253 e. The predicted molar refractivity (Wildman–Crippen MR) is 129 cm³/mol. The summed E-state index contributed by atoms with van der Waals surface area (Å²) in [7, 11) is -2.16. The summed E-state index contributed by atoms with van der Waals surface area (Å²) in [5.74, 6) is -0.579. The third-order valence-corrected chi connectivity index (χ3v) is 9.10. The van der Waals surface area contributed by atoms with Gasteiger partial charge in [0.05, 0.1) is 10.7 Å². The average molecular weight is 497 g/mol. The Balaban J connectivity index is 1.64. The van der Waals surface area contributed by atoms with Crippen LogP contribution in [-0.4, -0.2) is 61.5 Å². The van der Waals surface area contributed by atoms with Crippen LogP contribution in [-0.2, 0) is 10.0 Å². The van der Waals surface area contributed by atoms with Crippen LogP contribution in [0.25, 0.3) is 0 Å². The van der Waals surface area contributed by atoms with Crippen molar-refractivity contribution in [2.75, 3.05) is 43.9 Å². The van der Waals surface area contributed by atoms with E-state index in [1.807, 2.05) is 18.9 Å². The van der Waals surface area contributed by atoms with E-state index in [-0.39, 0.29) is 40.7 Å². The summed E-state index contributed by atoms with van der Waals surface area (Å²) in [5.41, 5.74) is -1.45. The van der Waals surface area contributed by atoms with Gasteiger partial charge in [0.25, 0.3) is 10.9 Å². The molecule has 1 saturated carbocycles. The van der Waals surface area contributed by atoms with Crippen LogP contribution in [0.2, 0.25) is 5.02 Å². The first-order valence-corrected chi connectivity index (χ1v) is 12.9. The maximum atomic E-state index is 13.2. The van der Waals surface area contributed by atoms with Crippen molar-refractivity contribution in [2.45, 2.75) is 49.5 Å². The lowest BCUT2D eigenvalue weighted by Gasteiger charge is -2.36. The Morgan fingerprint density at radius 3 is 2.24 bits per heavy atom. The topological polar surface area (TPSA) is 119 Å². The first-order chi connectivity index (χ1) is 15.5. The van der Waals surface area contributed by atoms with Gasteiger partial charge in [-0.25, -0.2) is 8.42 Å². The molecule has 0 spiro atoms. The molecule has 2 fully saturated rings. The van der Waals surface area contributed by atoms with Gasteiger partial charge in [-0.2, -0.15) is 4.31 Å². The number of halogens is 1. The molecule has 2 aromatic carbocycles. The van der Waals surface area contributed by atoms with Gasteiger partial charge in [-0.1, -0.05) is 30.9 Å². The van der Waals surface area contributed by atoms with Gasteiger partial charge in [0.1, 0.15) is 16.3 Å². The highest BCUT2D eigenvalue weighted by Gasteiger charge is 2.35. The molecular formula is C22H29ClN4O5S. The number of phenols is 1. The molecule has 0 unspecified atom stereocenters. The van der Waals surface area contributed by atoms with E-state index in [0.717, 1.165) is 32.1 Å². The minimum atomic E-state index is -4.06. The highest BCUT2D eigenvalue weighted by molar-refractivity contribution is 7.89. The average Bonchev–Trinajstić information content (AvgIpc) is 2.78. The summed E-state index contributed by atoms with van der Waals surface area (Å²) < 4.78 is 27.7. The van der Waals surface area contributed by atoms with E-state index in [1.165, 1.54) is 16.4 Å². The predicted octanol–water partition coefficient (Wildman–Crippen LogP) is 2.46. The Hall–Kier alpha value is -2.14. The van der Waals surface area contributed by atoms with Crippen molar-refractivity contribution in [3.8, 4) is 5.75 Å². The Morgan fingerprint density at radius 1 is 1.00 bits per heavy atom. The Morgan fingerprint density at radius 2 is 1.61 bits per heavy atom. The number of nitrogens with one attached hydrogen (secondary N) is 2. The van der Waals surface area contributed by atoms with Crippen molar-refractivity contribution in [2.24, 2.45) is 0 Å². The molecule has 0 amide bonds. The molecule has 1 aliphatic heterocycles. The molecule has 1 saturated heterocycles. The summed E-state index contributed by atoms with van der Waals surface area (Å²) in [6.45, 7) is 3.70. The van der Waals surface area contributed by atoms with Crippen LogP contribution >= 0.6 is 11.6 Å². The van der Waals surface area contributed by atoms with Gasteiger partial charge in [-0.05, 0) is 38.9 Å². The molecule has 1 aliphatic carbocycles. The highest BCUT2D eigenvalue weighted by Crippen LogP contribution is 2.41. The molecule has 33 heavy (non-hydrogen) atoms. The third-order valence-electron chi connectivity index (χ3n) is 6.70. The Bertz CT molecular complexity index is 1220. The molecule has 3 N–H and O–H groups in total. The largest absolute Gasteiger partial charge is 0.504 e. The normalized spacial score (nSPS) is 20.1. The highest BCUT2D eigenvalue weighted by atomic mass is 35.5. The second-order valence-corrected chi connectivity index (χ2v) is 11.5. The van der Waals surface area contributed by atoms with Crippen LogP contribution in [0.5, 0.6) is 5.75 Å². The first kappa shape index (κ1) is 24.0. The minimum absolute atomic E-state index is 0.00366. The summed E-state index contributed by atoms with van der Waals surface area (Å²) in [6.07, 6.45) is 4.97. The Kier molecular flexibility index (Phi) is 6.47. The van der Waals surface area contributed by atoms with E-state index in [9.17, 15) is 23.1 Å². The van der Waals surface area contributed by atoms with Crippen molar-refractivity contribution >= 4 is 38.7 Å². The van der Waals surface area contributed by atoms with Gasteiger partial charge in [0.2, 0.25) is 10.0 Å². The van der Waals surface area contributed by atoms with E-state index in [0.29, 0.717) is 13.1 Å². The monoisotopic (exact) mass is 496 g/mol. The van der Waals surface area contributed by atoms with Crippen LogP contribution in [0.15, 0.2) is 26.6 Å². The molecule has 2 aliphatic rings. The number of nitrogens with zero attached hydrogens (tertiary/aromatic N) is 2. The van der Waals surface area contributed by atoms with Crippen LogP contribution in [0.1, 0.15) is 39.0 Å². The molecule has 0 radical (unpaired) electrons. The van der Waals surface area contributed by atoms with Gasteiger partial charge >= 0.3 is 0 Å². The van der Waals surface area contributed by atoms with Gasteiger partial charge in [-0.3, -0.25) is 9.59 Å². The first-order valence-electron chi connectivity index (χ1n) is 11.1. The fourth-order valence-corrected chi connectivity index (χ4v) is 6.59. The molecular weight excluding hydrogens is 468 g/mol. The molecule has 1 heterocycles. The molecule has 2 aromatic rings. The minimum Gasteiger partial charge on any atom is -0.504 e. The van der Waals surface area contributed by atoms with Crippen molar-refractivity contribution in [1.82, 2.24) is 9.21 Å². The van der Waals surface area contributed by atoms with Crippen LogP contribution < -0.4 is 21.5 Å². The number of rotatable bonds is 6. The van der Waals surface area contributed by atoms with E-state index in [2.05, 4.69) is 10.6 Å². The van der Waals surface area contributed by atoms with Crippen LogP contribution in [0.4, 0.5) is 17.1 Å². The molecule has 4 rings (SSSR count). The number of likely N-dealkylation sites (N-methyl/N-ethyl adjacent to an activating group) is 1. The number of phenolic OH excluding ortho intramolecular Hbond substituents is 1. The lowest BCUT2D eigenvalue weighted by molar-refractivity contribution is 0.222. The van der Waals surface area contributed by atoms with Gasteiger partial charge in [0, 0.05) is 31.7 Å². The van der Waals surface area contributed by atoms with E-state index < -0.39 is 31.5 Å². The van der Waals surface area contributed by atoms with Crippen LogP contribution in [0.3, 0.4) is 0 Å². The number of piperazine rings is 1. The zero-order chi connectivity index (χ0) is 24.0. The quantitative estimate of drug-likeness (QED) is 0.412. The second-order valence-electron chi connectivity index (χ2n) is 9.26. The number of aromatic hydroxyl groups is 1. The number of sulfonamides is 1. The fraction of sp³-hybridized carbons (Fsp3) is 0.545. The summed E-state index contributed by atoms with van der Waals surface area (Å²) in [6, 6.07) is 2.75. The summed E-state index contributed by atoms with van der Waals surface area (Å²) in [5, 5.41) is 16.8. The van der Waals surface area contributed by atoms with E-state index in [1.54, 1.807) is 0 Å². The van der Waals surface area contributed by atoms with Crippen molar-refractivity contribution in [1.29, 1.82) is 0 Å². The van der Waals surface area contributed by atoms with Crippen molar-refractivity contribution in [3.05, 3.63) is 37.6 Å². The smallest absolute Gasteiger partial charge is 0.253 e. The summed E-state index contributed by atoms with van der Waals surface area (Å²) in [4.78, 5) is 26.2. The number of hydrogen-bond donors (Lipinski definition) is 3. The second kappa shape index (κ2) is 8.90. The molecule has 0 atom stereocenters. The van der Waals surface area contributed by atoms with E-state index in [4.69, 9.17) is 11.6 Å². The molecule has 9 nitrogen and oxygen atoms in total. The van der Waals surface area contributed by atoms with Gasteiger partial charge < -0.3 is 20.6 Å². The zero-order valence-corrected chi connectivity index (χ0v) is 20.4. The van der Waals surface area contributed by atoms with E-state index >= 15 is 0 Å². The molecule has 0 bridgehead atoms. The SMILES string of the molecule is CN1CCN(S(=O)(=O)c2c(Cl)ccc(Nc3c(NC4(C)CCCCC4)c(=O)c3=O)c2O)CC1. The maximum absolute atomic E-state index is 13.2. The van der Waals surface area contributed by atoms with Crippen molar-refractivity contribution < 1.29 is 13.5 Å². The number of benzene rings is 1. The lowest BCUT2D eigenvalue weighted by Crippen LogP contribution is -2.47. The van der Waals surface area contributed by atoms with Crippen LogP contribution in [0, 0.1) is 0 Å². The zero-order valence-electron chi connectivity index (χ0n) is 18.8. The lowest BCUT2D eigenvalue weighted by atomic mass is 9.83. The fourth-order valence-electron chi connectivity index (χ4n) is 4.57. The van der Waals surface area contributed by atoms with Crippen molar-refractivity contribution in [3.63, 3.8) is 0 Å². The van der Waals surface area contributed by atoms with Gasteiger partial charge in [-0.15, -0.1) is 0 Å². The standard InChI is InChI=1S/C22H29ClN4O5S/c1-22(8-4-3-5-9-22)25-17-16(19(29)20(17)30)24-15-7-6-14(23)21(18(15)28)33(31,32)27-12-10-26(2)11-13-27/h6-7,24-25,28H,3-5,8-13H2,1-2H3. The number of hydrogen-bond acceptors (Lipinski definition) is 8. The third kappa shape index (κ3) is 4.49. The molecule has 11 heteroatoms. The number of anilines is 3. The summed E-state index contributed by atoms with van der Waals surface area (Å²) >= 11 is 6.20. The molecule has 0 aromatic heterocycles.